The summed E-state index contributed by atoms with van der Waals surface area (Å²) in [5, 5.41) is 9.14. The maximum atomic E-state index is 12.5. The van der Waals surface area contributed by atoms with Crippen molar-refractivity contribution in [3.63, 3.8) is 0 Å². The summed E-state index contributed by atoms with van der Waals surface area (Å²) in [5.41, 5.74) is -0.732. The number of nitriles is 1. The van der Waals surface area contributed by atoms with Gasteiger partial charge in [0.05, 0.1) is 17.0 Å². The number of Topliss-reactive ketones (excluding diaryl/α,β-unsaturated/α-hetero) is 1. The molecule has 1 aliphatic rings. The van der Waals surface area contributed by atoms with Crippen LogP contribution in [0.2, 0.25) is 0 Å². The molecule has 1 fully saturated rings. The van der Waals surface area contributed by atoms with Gasteiger partial charge in [0.2, 0.25) is 0 Å². The monoisotopic (exact) mass is 253 g/mol. The molecule has 0 unspecified atom stereocenters. The highest BCUT2D eigenvalue weighted by molar-refractivity contribution is 5.90. The predicted molar refractivity (Wildman–Crippen MR) is 57.7 cm³/mol. The molecule has 18 heavy (non-hydrogen) atoms. The SMILES string of the molecule is Cc1cc(C(F)(F)F)ccc1C1(C#N)CC(=O)C1. The van der Waals surface area contributed by atoms with Crippen molar-refractivity contribution in [1.29, 1.82) is 5.26 Å². The normalized spacial score (nSPS) is 18.1. The van der Waals surface area contributed by atoms with E-state index >= 15 is 0 Å². The molecule has 5 heteroatoms. The van der Waals surface area contributed by atoms with Crippen molar-refractivity contribution in [3.8, 4) is 6.07 Å². The van der Waals surface area contributed by atoms with Gasteiger partial charge in [0.1, 0.15) is 5.78 Å². The van der Waals surface area contributed by atoms with Crippen LogP contribution in [-0.2, 0) is 16.4 Å². The van der Waals surface area contributed by atoms with Crippen LogP contribution in [0.3, 0.4) is 0 Å². The van der Waals surface area contributed by atoms with Crippen LogP contribution < -0.4 is 0 Å². The maximum Gasteiger partial charge on any atom is 0.416 e. The molecule has 0 atom stereocenters. The standard InChI is InChI=1S/C13H10F3NO/c1-8-4-9(13(14,15)16)2-3-11(8)12(7-17)5-10(18)6-12/h2-4H,5-6H2,1H3. The number of alkyl halides is 3. The summed E-state index contributed by atoms with van der Waals surface area (Å²) < 4.78 is 37.6. The fourth-order valence-corrected chi connectivity index (χ4v) is 2.33. The molecule has 2 nitrogen and oxygen atoms in total. The maximum absolute atomic E-state index is 12.5. The van der Waals surface area contributed by atoms with Crippen LogP contribution in [0.25, 0.3) is 0 Å². The fourth-order valence-electron chi connectivity index (χ4n) is 2.33. The molecule has 0 radical (unpaired) electrons. The van der Waals surface area contributed by atoms with E-state index in [-0.39, 0.29) is 18.6 Å². The molecule has 1 aliphatic carbocycles. The zero-order chi connectivity index (χ0) is 13.6. The number of carbonyl (C=O) groups is 1. The van der Waals surface area contributed by atoms with Gasteiger partial charge in [-0.05, 0) is 30.2 Å². The van der Waals surface area contributed by atoms with Gasteiger partial charge in [-0.15, -0.1) is 0 Å². The Balaban J connectivity index is 2.43. The fraction of sp³-hybridized carbons (Fsp3) is 0.385. The molecule has 0 amide bonds. The zero-order valence-corrected chi connectivity index (χ0v) is 9.64. The van der Waals surface area contributed by atoms with Gasteiger partial charge in [-0.2, -0.15) is 18.4 Å². The van der Waals surface area contributed by atoms with Crippen molar-refractivity contribution in [2.24, 2.45) is 0 Å². The van der Waals surface area contributed by atoms with E-state index < -0.39 is 17.2 Å². The number of nitrogens with zero attached hydrogens (tertiary/aromatic N) is 1. The Morgan fingerprint density at radius 1 is 1.33 bits per heavy atom. The molecule has 0 N–H and O–H groups in total. The van der Waals surface area contributed by atoms with Crippen LogP contribution in [-0.4, -0.2) is 5.78 Å². The lowest BCUT2D eigenvalue weighted by atomic mass is 9.63. The number of rotatable bonds is 1. The van der Waals surface area contributed by atoms with Gasteiger partial charge in [-0.25, -0.2) is 0 Å². The van der Waals surface area contributed by atoms with Gasteiger partial charge in [0, 0.05) is 12.8 Å². The summed E-state index contributed by atoms with van der Waals surface area (Å²) in [6, 6.07) is 5.36. The summed E-state index contributed by atoms with van der Waals surface area (Å²) in [6.07, 6.45) is -4.20. The molecule has 0 heterocycles. The van der Waals surface area contributed by atoms with Crippen LogP contribution in [0.15, 0.2) is 18.2 Å². The number of halogens is 3. The van der Waals surface area contributed by atoms with E-state index in [1.165, 1.54) is 13.0 Å². The summed E-state index contributed by atoms with van der Waals surface area (Å²) in [6.45, 7) is 1.53. The second-order valence-corrected chi connectivity index (χ2v) is 4.61. The smallest absolute Gasteiger partial charge is 0.300 e. The average Bonchev–Trinajstić information content (AvgIpc) is 2.23. The third-order valence-electron chi connectivity index (χ3n) is 3.28. The number of ketones is 1. The van der Waals surface area contributed by atoms with E-state index in [0.29, 0.717) is 11.1 Å². The van der Waals surface area contributed by atoms with Crippen molar-refractivity contribution in [3.05, 3.63) is 34.9 Å². The lowest BCUT2D eigenvalue weighted by molar-refractivity contribution is -0.137. The van der Waals surface area contributed by atoms with E-state index in [4.69, 9.17) is 5.26 Å². The number of benzene rings is 1. The van der Waals surface area contributed by atoms with E-state index in [9.17, 15) is 18.0 Å². The third-order valence-corrected chi connectivity index (χ3v) is 3.28. The third kappa shape index (κ3) is 1.88. The van der Waals surface area contributed by atoms with E-state index in [2.05, 4.69) is 6.07 Å². The first kappa shape index (κ1) is 12.6. The van der Waals surface area contributed by atoms with Gasteiger partial charge >= 0.3 is 6.18 Å². The Morgan fingerprint density at radius 3 is 2.33 bits per heavy atom. The molecule has 1 saturated carbocycles. The largest absolute Gasteiger partial charge is 0.416 e. The van der Waals surface area contributed by atoms with Crippen LogP contribution >= 0.6 is 0 Å². The number of carbonyl (C=O) groups excluding carboxylic acids is 1. The zero-order valence-electron chi connectivity index (χ0n) is 9.64. The molecule has 1 aromatic rings. The van der Waals surface area contributed by atoms with Crippen molar-refractivity contribution < 1.29 is 18.0 Å². The summed E-state index contributed by atoms with van der Waals surface area (Å²) in [4.78, 5) is 11.1. The molecule has 0 aliphatic heterocycles. The molecule has 2 rings (SSSR count). The Labute approximate surface area is 102 Å². The van der Waals surface area contributed by atoms with E-state index in [1.54, 1.807) is 0 Å². The Morgan fingerprint density at radius 2 is 1.94 bits per heavy atom. The second-order valence-electron chi connectivity index (χ2n) is 4.61. The van der Waals surface area contributed by atoms with Gasteiger partial charge < -0.3 is 0 Å². The highest BCUT2D eigenvalue weighted by atomic mass is 19.4. The summed E-state index contributed by atoms with van der Waals surface area (Å²) in [5.74, 6) is -0.0316. The molecule has 0 bridgehead atoms. The molecular weight excluding hydrogens is 243 g/mol. The van der Waals surface area contributed by atoms with Gasteiger partial charge in [-0.1, -0.05) is 6.07 Å². The highest BCUT2D eigenvalue weighted by Gasteiger charge is 2.46. The second kappa shape index (κ2) is 3.84. The minimum absolute atomic E-state index is 0.0316. The lowest BCUT2D eigenvalue weighted by Gasteiger charge is -2.35. The molecule has 0 spiro atoms. The number of aryl methyl sites for hydroxylation is 1. The van der Waals surface area contributed by atoms with Crippen molar-refractivity contribution >= 4 is 5.78 Å². The van der Waals surface area contributed by atoms with Crippen LogP contribution in [0.1, 0.15) is 29.5 Å². The van der Waals surface area contributed by atoms with Gasteiger partial charge in [0.15, 0.2) is 0 Å². The Bertz CT molecular complexity index is 546. The minimum atomic E-state index is -4.39. The van der Waals surface area contributed by atoms with Gasteiger partial charge in [0.25, 0.3) is 0 Å². The molecular formula is C13H10F3NO. The van der Waals surface area contributed by atoms with Crippen LogP contribution in [0.4, 0.5) is 13.2 Å². The highest BCUT2D eigenvalue weighted by Crippen LogP contribution is 2.43. The Hall–Kier alpha value is -1.83. The minimum Gasteiger partial charge on any atom is -0.300 e. The van der Waals surface area contributed by atoms with Crippen molar-refractivity contribution in [2.75, 3.05) is 0 Å². The average molecular weight is 253 g/mol. The van der Waals surface area contributed by atoms with E-state index in [1.807, 2.05) is 0 Å². The first-order valence-electron chi connectivity index (χ1n) is 5.40. The summed E-state index contributed by atoms with van der Waals surface area (Å²) >= 11 is 0. The van der Waals surface area contributed by atoms with E-state index in [0.717, 1.165) is 12.1 Å². The molecule has 0 aromatic heterocycles. The molecule has 0 saturated heterocycles. The number of hydrogen-bond donors (Lipinski definition) is 0. The molecule has 94 valence electrons. The first-order chi connectivity index (χ1) is 8.28. The lowest BCUT2D eigenvalue weighted by Crippen LogP contribution is -2.40. The predicted octanol–water partition coefficient (Wildman–Crippen LogP) is 3.14. The van der Waals surface area contributed by atoms with Gasteiger partial charge in [-0.3, -0.25) is 4.79 Å². The number of hydrogen-bond acceptors (Lipinski definition) is 2. The topological polar surface area (TPSA) is 40.9 Å². The van der Waals surface area contributed by atoms with Crippen LogP contribution in [0, 0.1) is 18.3 Å². The quantitative estimate of drug-likeness (QED) is 0.771. The summed E-state index contributed by atoms with van der Waals surface area (Å²) in [7, 11) is 0. The molecule has 1 aromatic carbocycles. The van der Waals surface area contributed by atoms with Crippen molar-refractivity contribution in [1.82, 2.24) is 0 Å². The van der Waals surface area contributed by atoms with Crippen molar-refractivity contribution in [2.45, 2.75) is 31.4 Å². The van der Waals surface area contributed by atoms with Crippen LogP contribution in [0.5, 0.6) is 0 Å². The Kier molecular flexibility index (Phi) is 2.69. The first-order valence-corrected chi connectivity index (χ1v) is 5.40.